The van der Waals surface area contributed by atoms with Crippen LogP contribution < -0.4 is 9.64 Å². The molecule has 0 fully saturated rings. The van der Waals surface area contributed by atoms with E-state index in [1.54, 1.807) is 7.11 Å². The van der Waals surface area contributed by atoms with Gasteiger partial charge in [-0.2, -0.15) is 0 Å². The summed E-state index contributed by atoms with van der Waals surface area (Å²) in [7, 11) is 1.66. The Balaban J connectivity index is 2.28. The van der Waals surface area contributed by atoms with Crippen LogP contribution in [-0.4, -0.2) is 13.0 Å². The van der Waals surface area contributed by atoms with Crippen molar-refractivity contribution >= 4 is 11.6 Å². The summed E-state index contributed by atoms with van der Waals surface area (Å²) >= 11 is 0. The van der Waals surface area contributed by atoms with E-state index in [2.05, 4.69) is 6.92 Å². The second kappa shape index (κ2) is 8.37. The molecule has 2 rings (SSSR count). The summed E-state index contributed by atoms with van der Waals surface area (Å²) in [4.78, 5) is 14.8. The number of carbonyl (C=O) groups is 1. The highest BCUT2D eigenvalue weighted by Gasteiger charge is 2.21. The van der Waals surface area contributed by atoms with Crippen LogP contribution in [0.25, 0.3) is 0 Å². The summed E-state index contributed by atoms with van der Waals surface area (Å²) in [5.74, 6) is 0.997. The van der Waals surface area contributed by atoms with Gasteiger partial charge in [-0.1, -0.05) is 50.6 Å². The number of para-hydroxylation sites is 1. The molecule has 23 heavy (non-hydrogen) atoms. The highest BCUT2D eigenvalue weighted by atomic mass is 16.5. The third-order valence-electron chi connectivity index (χ3n) is 3.95. The van der Waals surface area contributed by atoms with Gasteiger partial charge in [-0.25, -0.2) is 0 Å². The van der Waals surface area contributed by atoms with E-state index >= 15 is 0 Å². The fraction of sp³-hybridized carbons (Fsp3) is 0.350. The number of nitrogens with zero attached hydrogens (tertiary/aromatic N) is 1. The molecule has 3 nitrogen and oxygen atoms in total. The summed E-state index contributed by atoms with van der Waals surface area (Å²) in [6, 6.07) is 17.7. The average molecular weight is 311 g/mol. The van der Waals surface area contributed by atoms with Crippen LogP contribution in [0.5, 0.6) is 5.75 Å². The standard InChI is InChI=1S/C20H25NO2/c1-4-9-16(2)20(22)21(18-11-6-5-7-12-18)15-17-10-8-13-19(14-17)23-3/h5-8,10-14,16H,4,9,15H2,1-3H3. The van der Waals surface area contributed by atoms with Crippen LogP contribution in [0.3, 0.4) is 0 Å². The number of anilines is 1. The number of ether oxygens (including phenoxy) is 1. The van der Waals surface area contributed by atoms with E-state index in [0.29, 0.717) is 6.54 Å². The molecule has 1 atom stereocenters. The zero-order valence-electron chi connectivity index (χ0n) is 14.2. The minimum atomic E-state index is 0.0193. The fourth-order valence-corrected chi connectivity index (χ4v) is 2.68. The van der Waals surface area contributed by atoms with E-state index < -0.39 is 0 Å². The molecule has 0 heterocycles. The lowest BCUT2D eigenvalue weighted by Crippen LogP contribution is -2.34. The van der Waals surface area contributed by atoms with E-state index in [1.165, 1.54) is 0 Å². The van der Waals surface area contributed by atoms with E-state index in [-0.39, 0.29) is 11.8 Å². The van der Waals surface area contributed by atoms with Crippen molar-refractivity contribution in [1.29, 1.82) is 0 Å². The van der Waals surface area contributed by atoms with Crippen molar-refractivity contribution in [3.05, 3.63) is 60.2 Å². The highest BCUT2D eigenvalue weighted by Crippen LogP contribution is 2.22. The molecule has 0 bridgehead atoms. The quantitative estimate of drug-likeness (QED) is 0.744. The van der Waals surface area contributed by atoms with Crippen LogP contribution in [0.15, 0.2) is 54.6 Å². The van der Waals surface area contributed by atoms with Gasteiger partial charge < -0.3 is 9.64 Å². The van der Waals surface area contributed by atoms with Gasteiger partial charge in [0.2, 0.25) is 5.91 Å². The van der Waals surface area contributed by atoms with Crippen molar-refractivity contribution < 1.29 is 9.53 Å². The minimum Gasteiger partial charge on any atom is -0.497 e. The molecule has 3 heteroatoms. The summed E-state index contributed by atoms with van der Waals surface area (Å²) in [6.45, 7) is 4.67. The predicted octanol–water partition coefficient (Wildman–Crippen LogP) is 4.66. The Morgan fingerprint density at radius 3 is 2.52 bits per heavy atom. The average Bonchev–Trinajstić information content (AvgIpc) is 2.60. The van der Waals surface area contributed by atoms with E-state index in [1.807, 2.05) is 66.4 Å². The van der Waals surface area contributed by atoms with Crippen LogP contribution in [-0.2, 0) is 11.3 Å². The molecule has 0 spiro atoms. The number of benzene rings is 2. The maximum Gasteiger partial charge on any atom is 0.230 e. The van der Waals surface area contributed by atoms with Crippen molar-refractivity contribution in [3.63, 3.8) is 0 Å². The number of carbonyl (C=O) groups excluding carboxylic acids is 1. The van der Waals surface area contributed by atoms with Gasteiger partial charge in [0.05, 0.1) is 13.7 Å². The molecule has 1 unspecified atom stereocenters. The van der Waals surface area contributed by atoms with Crippen LogP contribution in [0.4, 0.5) is 5.69 Å². The minimum absolute atomic E-state index is 0.0193. The molecule has 0 saturated heterocycles. The lowest BCUT2D eigenvalue weighted by Gasteiger charge is -2.26. The Morgan fingerprint density at radius 1 is 1.13 bits per heavy atom. The summed E-state index contributed by atoms with van der Waals surface area (Å²) in [5.41, 5.74) is 1.99. The second-order valence-electron chi connectivity index (χ2n) is 5.80. The Kier molecular flexibility index (Phi) is 6.21. The molecular formula is C20H25NO2. The second-order valence-corrected chi connectivity index (χ2v) is 5.80. The van der Waals surface area contributed by atoms with Crippen LogP contribution >= 0.6 is 0 Å². The smallest absolute Gasteiger partial charge is 0.230 e. The third kappa shape index (κ3) is 4.59. The normalized spacial score (nSPS) is 11.8. The van der Waals surface area contributed by atoms with Crippen molar-refractivity contribution in [3.8, 4) is 5.75 Å². The maximum atomic E-state index is 12.9. The van der Waals surface area contributed by atoms with E-state index in [0.717, 1.165) is 29.8 Å². The number of hydrogen-bond acceptors (Lipinski definition) is 2. The van der Waals surface area contributed by atoms with Crippen molar-refractivity contribution in [2.24, 2.45) is 5.92 Å². The molecular weight excluding hydrogens is 286 g/mol. The van der Waals surface area contributed by atoms with Crippen LogP contribution in [0.1, 0.15) is 32.3 Å². The van der Waals surface area contributed by atoms with Gasteiger partial charge in [0.15, 0.2) is 0 Å². The summed E-state index contributed by atoms with van der Waals surface area (Å²) in [6.07, 6.45) is 1.91. The first-order chi connectivity index (χ1) is 11.2. The molecule has 0 aliphatic rings. The van der Waals surface area contributed by atoms with Crippen LogP contribution in [0, 0.1) is 5.92 Å². The fourth-order valence-electron chi connectivity index (χ4n) is 2.68. The first kappa shape index (κ1) is 17.1. The molecule has 0 saturated carbocycles. The third-order valence-corrected chi connectivity index (χ3v) is 3.95. The van der Waals surface area contributed by atoms with E-state index in [9.17, 15) is 4.79 Å². The SMILES string of the molecule is CCCC(C)C(=O)N(Cc1cccc(OC)c1)c1ccccc1. The summed E-state index contributed by atoms with van der Waals surface area (Å²) in [5, 5.41) is 0. The highest BCUT2D eigenvalue weighted by molar-refractivity contribution is 5.94. The van der Waals surface area contributed by atoms with Gasteiger partial charge in [-0.05, 0) is 36.2 Å². The van der Waals surface area contributed by atoms with Gasteiger partial charge in [0.25, 0.3) is 0 Å². The van der Waals surface area contributed by atoms with Gasteiger partial charge in [0, 0.05) is 11.6 Å². The molecule has 0 N–H and O–H groups in total. The molecule has 0 aliphatic carbocycles. The molecule has 1 amide bonds. The largest absolute Gasteiger partial charge is 0.497 e. The zero-order chi connectivity index (χ0) is 16.7. The van der Waals surface area contributed by atoms with Crippen molar-refractivity contribution in [1.82, 2.24) is 0 Å². The number of rotatable bonds is 7. The Hall–Kier alpha value is -2.29. The Morgan fingerprint density at radius 2 is 1.87 bits per heavy atom. The monoisotopic (exact) mass is 311 g/mol. The summed E-state index contributed by atoms with van der Waals surface area (Å²) < 4.78 is 5.29. The molecule has 0 aromatic heterocycles. The molecule has 2 aromatic rings. The maximum absolute atomic E-state index is 12.9. The predicted molar refractivity (Wildman–Crippen MR) is 94.7 cm³/mol. The lowest BCUT2D eigenvalue weighted by atomic mass is 10.0. The Bertz CT molecular complexity index is 625. The number of methoxy groups -OCH3 is 1. The molecule has 0 radical (unpaired) electrons. The first-order valence-corrected chi connectivity index (χ1v) is 8.15. The Labute approximate surface area is 138 Å². The topological polar surface area (TPSA) is 29.5 Å². The van der Waals surface area contributed by atoms with Crippen molar-refractivity contribution in [2.45, 2.75) is 33.2 Å². The zero-order valence-corrected chi connectivity index (χ0v) is 14.2. The lowest BCUT2D eigenvalue weighted by molar-refractivity contribution is -0.122. The van der Waals surface area contributed by atoms with Crippen LogP contribution in [0.2, 0.25) is 0 Å². The van der Waals surface area contributed by atoms with Gasteiger partial charge >= 0.3 is 0 Å². The molecule has 122 valence electrons. The van der Waals surface area contributed by atoms with Gasteiger partial charge in [0.1, 0.15) is 5.75 Å². The molecule has 0 aliphatic heterocycles. The van der Waals surface area contributed by atoms with Gasteiger partial charge in [-0.3, -0.25) is 4.79 Å². The van der Waals surface area contributed by atoms with Crippen molar-refractivity contribution in [2.75, 3.05) is 12.0 Å². The number of hydrogen-bond donors (Lipinski definition) is 0. The molecule has 2 aromatic carbocycles. The van der Waals surface area contributed by atoms with Gasteiger partial charge in [-0.15, -0.1) is 0 Å². The van der Waals surface area contributed by atoms with E-state index in [4.69, 9.17) is 4.74 Å². The number of amides is 1. The first-order valence-electron chi connectivity index (χ1n) is 8.15.